The Bertz CT molecular complexity index is 858. The van der Waals surface area contributed by atoms with Crippen molar-refractivity contribution < 1.29 is 9.50 Å². The topological polar surface area (TPSA) is 65.1 Å². The van der Waals surface area contributed by atoms with Gasteiger partial charge >= 0.3 is 0 Å². The number of nitrogens with one attached hydrogen (secondary N) is 2. The SMILES string of the molecule is O=c1[nH]c2ccccc2cc1CNc1ccc(O)c(F)c1. The second kappa shape index (κ2) is 5.28. The van der Waals surface area contributed by atoms with Crippen LogP contribution in [-0.2, 0) is 6.54 Å². The number of hydrogen-bond acceptors (Lipinski definition) is 3. The van der Waals surface area contributed by atoms with Crippen molar-refractivity contribution in [3.05, 3.63) is 70.3 Å². The first kappa shape index (κ1) is 13.2. The minimum Gasteiger partial charge on any atom is -0.505 e. The van der Waals surface area contributed by atoms with E-state index in [4.69, 9.17) is 5.11 Å². The summed E-state index contributed by atoms with van der Waals surface area (Å²) in [5.74, 6) is -1.10. The number of phenolic OH excluding ortho intramolecular Hbond substituents is 1. The molecule has 0 bridgehead atoms. The third-order valence-corrected chi connectivity index (χ3v) is 3.26. The Balaban J connectivity index is 1.86. The van der Waals surface area contributed by atoms with Gasteiger partial charge in [0.2, 0.25) is 0 Å². The highest BCUT2D eigenvalue weighted by atomic mass is 19.1. The van der Waals surface area contributed by atoms with E-state index in [9.17, 15) is 9.18 Å². The summed E-state index contributed by atoms with van der Waals surface area (Å²) in [6.07, 6.45) is 0. The molecule has 1 heterocycles. The number of anilines is 1. The maximum absolute atomic E-state index is 13.2. The summed E-state index contributed by atoms with van der Waals surface area (Å²) in [4.78, 5) is 14.8. The number of pyridine rings is 1. The van der Waals surface area contributed by atoms with Crippen LogP contribution in [0.5, 0.6) is 5.75 Å². The van der Waals surface area contributed by atoms with Gasteiger partial charge < -0.3 is 15.4 Å². The fourth-order valence-electron chi connectivity index (χ4n) is 2.14. The average molecular weight is 284 g/mol. The van der Waals surface area contributed by atoms with Crippen LogP contribution in [0, 0.1) is 5.82 Å². The molecule has 0 radical (unpaired) electrons. The Morgan fingerprint density at radius 3 is 2.76 bits per heavy atom. The monoisotopic (exact) mass is 284 g/mol. The third-order valence-electron chi connectivity index (χ3n) is 3.26. The highest BCUT2D eigenvalue weighted by molar-refractivity contribution is 5.78. The van der Waals surface area contributed by atoms with Gasteiger partial charge in [-0.2, -0.15) is 0 Å². The molecule has 0 saturated carbocycles. The molecule has 0 aliphatic carbocycles. The van der Waals surface area contributed by atoms with Crippen LogP contribution in [0.1, 0.15) is 5.56 Å². The number of para-hydroxylation sites is 1. The zero-order valence-corrected chi connectivity index (χ0v) is 11.1. The second-order valence-electron chi connectivity index (χ2n) is 4.73. The Morgan fingerprint density at radius 2 is 1.95 bits per heavy atom. The zero-order chi connectivity index (χ0) is 14.8. The molecule has 1 aromatic heterocycles. The molecule has 0 saturated heterocycles. The molecule has 4 nitrogen and oxygen atoms in total. The molecule has 5 heteroatoms. The maximum Gasteiger partial charge on any atom is 0.253 e. The number of benzene rings is 2. The first-order valence-corrected chi connectivity index (χ1v) is 6.47. The summed E-state index contributed by atoms with van der Waals surface area (Å²) in [6, 6.07) is 13.3. The number of fused-ring (bicyclic) bond motifs is 1. The van der Waals surface area contributed by atoms with Gasteiger partial charge in [0.1, 0.15) is 0 Å². The highest BCUT2D eigenvalue weighted by Crippen LogP contribution is 2.20. The lowest BCUT2D eigenvalue weighted by Crippen LogP contribution is -2.15. The van der Waals surface area contributed by atoms with Crippen LogP contribution in [0.3, 0.4) is 0 Å². The Labute approximate surface area is 119 Å². The second-order valence-corrected chi connectivity index (χ2v) is 4.73. The smallest absolute Gasteiger partial charge is 0.253 e. The van der Waals surface area contributed by atoms with Crippen LogP contribution in [0.25, 0.3) is 10.9 Å². The van der Waals surface area contributed by atoms with Crippen molar-refractivity contribution in [1.29, 1.82) is 0 Å². The number of halogens is 1. The molecule has 0 unspecified atom stereocenters. The van der Waals surface area contributed by atoms with Crippen LogP contribution in [0.4, 0.5) is 10.1 Å². The molecule has 0 spiro atoms. The van der Waals surface area contributed by atoms with Crippen molar-refractivity contribution in [2.45, 2.75) is 6.54 Å². The van der Waals surface area contributed by atoms with E-state index in [0.29, 0.717) is 11.3 Å². The van der Waals surface area contributed by atoms with E-state index in [1.807, 2.05) is 24.3 Å². The summed E-state index contributed by atoms with van der Waals surface area (Å²) >= 11 is 0. The summed E-state index contributed by atoms with van der Waals surface area (Å²) in [7, 11) is 0. The molecule has 3 N–H and O–H groups in total. The summed E-state index contributed by atoms with van der Waals surface area (Å²) in [5, 5.41) is 13.0. The van der Waals surface area contributed by atoms with E-state index in [2.05, 4.69) is 10.3 Å². The lowest BCUT2D eigenvalue weighted by atomic mass is 10.1. The average Bonchev–Trinajstić information content (AvgIpc) is 2.48. The number of phenols is 1. The molecular formula is C16H13FN2O2. The number of rotatable bonds is 3. The molecular weight excluding hydrogens is 271 g/mol. The number of aromatic nitrogens is 1. The van der Waals surface area contributed by atoms with Crippen molar-refractivity contribution in [1.82, 2.24) is 4.98 Å². The lowest BCUT2D eigenvalue weighted by Gasteiger charge is -2.07. The maximum atomic E-state index is 13.2. The number of H-pyrrole nitrogens is 1. The molecule has 2 aromatic carbocycles. The summed E-state index contributed by atoms with van der Waals surface area (Å²) in [5.41, 5.74) is 1.66. The van der Waals surface area contributed by atoms with Gasteiger partial charge in [0.05, 0.1) is 0 Å². The molecule has 21 heavy (non-hydrogen) atoms. The van der Waals surface area contributed by atoms with Crippen molar-refractivity contribution in [3.63, 3.8) is 0 Å². The van der Waals surface area contributed by atoms with Crippen molar-refractivity contribution >= 4 is 16.6 Å². The van der Waals surface area contributed by atoms with Gasteiger partial charge in [-0.05, 0) is 29.7 Å². The van der Waals surface area contributed by atoms with Gasteiger partial charge in [-0.1, -0.05) is 18.2 Å². The Morgan fingerprint density at radius 1 is 1.14 bits per heavy atom. The van der Waals surface area contributed by atoms with E-state index in [1.165, 1.54) is 12.1 Å². The van der Waals surface area contributed by atoms with Crippen LogP contribution in [-0.4, -0.2) is 10.1 Å². The van der Waals surface area contributed by atoms with Crippen LogP contribution in [0.2, 0.25) is 0 Å². The van der Waals surface area contributed by atoms with E-state index in [0.717, 1.165) is 10.9 Å². The molecule has 0 aliphatic rings. The number of aromatic hydroxyl groups is 1. The lowest BCUT2D eigenvalue weighted by molar-refractivity contribution is 0.432. The molecule has 0 aliphatic heterocycles. The minimum atomic E-state index is -0.701. The van der Waals surface area contributed by atoms with Gasteiger partial charge in [0.15, 0.2) is 11.6 Å². The molecule has 0 amide bonds. The van der Waals surface area contributed by atoms with Crippen molar-refractivity contribution in [2.24, 2.45) is 0 Å². The van der Waals surface area contributed by atoms with Crippen molar-refractivity contribution in [2.75, 3.05) is 5.32 Å². The highest BCUT2D eigenvalue weighted by Gasteiger charge is 2.04. The van der Waals surface area contributed by atoms with E-state index in [-0.39, 0.29) is 12.1 Å². The predicted octanol–water partition coefficient (Wildman–Crippen LogP) is 2.98. The van der Waals surface area contributed by atoms with Crippen LogP contribution < -0.4 is 10.9 Å². The number of hydrogen-bond donors (Lipinski definition) is 3. The van der Waals surface area contributed by atoms with E-state index in [1.54, 1.807) is 12.1 Å². The minimum absolute atomic E-state index is 0.180. The fourth-order valence-corrected chi connectivity index (χ4v) is 2.14. The fraction of sp³-hybridized carbons (Fsp3) is 0.0625. The van der Waals surface area contributed by atoms with E-state index >= 15 is 0 Å². The predicted molar refractivity (Wildman–Crippen MR) is 80.0 cm³/mol. The van der Waals surface area contributed by atoms with Crippen LogP contribution in [0.15, 0.2) is 53.3 Å². The van der Waals surface area contributed by atoms with Gasteiger partial charge in [0, 0.05) is 29.4 Å². The summed E-state index contributed by atoms with van der Waals surface area (Å²) in [6.45, 7) is 0.268. The standard InChI is InChI=1S/C16H13FN2O2/c17-13-8-12(5-6-15(13)20)18-9-11-7-10-3-1-2-4-14(10)19-16(11)21/h1-8,18,20H,9H2,(H,19,21). The quantitative estimate of drug-likeness (QED) is 0.648. The molecule has 3 aromatic rings. The zero-order valence-electron chi connectivity index (χ0n) is 11.1. The Hall–Kier alpha value is -2.82. The van der Waals surface area contributed by atoms with Crippen LogP contribution >= 0.6 is 0 Å². The van der Waals surface area contributed by atoms with Gasteiger partial charge in [-0.25, -0.2) is 4.39 Å². The van der Waals surface area contributed by atoms with Crippen molar-refractivity contribution in [3.8, 4) is 5.75 Å². The Kier molecular flexibility index (Phi) is 3.31. The normalized spacial score (nSPS) is 10.7. The molecule has 106 valence electrons. The number of aromatic amines is 1. The molecule has 3 rings (SSSR count). The molecule has 0 atom stereocenters. The first-order valence-electron chi connectivity index (χ1n) is 6.47. The first-order chi connectivity index (χ1) is 10.1. The van der Waals surface area contributed by atoms with E-state index < -0.39 is 11.6 Å². The van der Waals surface area contributed by atoms with Gasteiger partial charge in [0.25, 0.3) is 5.56 Å². The third kappa shape index (κ3) is 2.72. The summed E-state index contributed by atoms with van der Waals surface area (Å²) < 4.78 is 13.2. The molecule has 0 fully saturated rings. The largest absolute Gasteiger partial charge is 0.505 e. The van der Waals surface area contributed by atoms with Gasteiger partial charge in [-0.3, -0.25) is 4.79 Å². The van der Waals surface area contributed by atoms with Gasteiger partial charge in [-0.15, -0.1) is 0 Å².